The van der Waals surface area contributed by atoms with Gasteiger partial charge in [0.1, 0.15) is 18.7 Å². The van der Waals surface area contributed by atoms with Gasteiger partial charge in [0.25, 0.3) is 0 Å². The predicted octanol–water partition coefficient (Wildman–Crippen LogP) is 0.285. The van der Waals surface area contributed by atoms with Crippen LogP contribution in [0.4, 0.5) is 17.6 Å². The smallest absolute Gasteiger partial charge is 0.305 e. The van der Waals surface area contributed by atoms with E-state index < -0.39 is 71.8 Å². The van der Waals surface area contributed by atoms with Crippen LogP contribution in [-0.4, -0.2) is 47.9 Å². The molecule has 0 saturated heterocycles. The fourth-order valence-corrected chi connectivity index (χ4v) is 1.82. The molecule has 148 valence electrons. The fourth-order valence-electron chi connectivity index (χ4n) is 1.82. The summed E-state index contributed by atoms with van der Waals surface area (Å²) in [5.74, 6) is -12.4. The Kier molecular flexibility index (Phi) is 7.69. The van der Waals surface area contributed by atoms with E-state index in [1.54, 1.807) is 0 Å². The number of Topliss-reactive ketones (excluding diaryl/α,β-unsaturated/α-hetero) is 1. The molecule has 3 N–H and O–H groups in total. The Morgan fingerprint density at radius 1 is 1.19 bits per heavy atom. The molecule has 0 fully saturated rings. The van der Waals surface area contributed by atoms with E-state index in [1.807, 2.05) is 5.32 Å². The first-order valence-electron chi connectivity index (χ1n) is 7.28. The van der Waals surface area contributed by atoms with Crippen molar-refractivity contribution in [3.63, 3.8) is 0 Å². The zero-order chi connectivity index (χ0) is 20.7. The van der Waals surface area contributed by atoms with Crippen LogP contribution >= 0.6 is 0 Å². The van der Waals surface area contributed by atoms with Gasteiger partial charge >= 0.3 is 5.97 Å². The van der Waals surface area contributed by atoms with Crippen molar-refractivity contribution in [2.45, 2.75) is 25.4 Å². The van der Waals surface area contributed by atoms with Crippen LogP contribution in [0.15, 0.2) is 6.07 Å². The summed E-state index contributed by atoms with van der Waals surface area (Å²) < 4.78 is 57.6. The molecule has 12 heteroatoms. The number of carboxylic acids is 1. The number of aliphatic carboxylic acids is 1. The van der Waals surface area contributed by atoms with Gasteiger partial charge < -0.3 is 20.5 Å². The van der Waals surface area contributed by atoms with Gasteiger partial charge in [-0.1, -0.05) is 0 Å². The highest BCUT2D eigenvalue weighted by Crippen LogP contribution is 2.26. The number of hydrogen-bond donors (Lipinski definition) is 3. The maximum Gasteiger partial charge on any atom is 0.305 e. The number of hydrogen-bond acceptors (Lipinski definition) is 5. The number of benzene rings is 1. The van der Waals surface area contributed by atoms with Crippen LogP contribution in [0.25, 0.3) is 0 Å². The minimum atomic E-state index is -1.88. The Bertz CT molecular complexity index is 732. The van der Waals surface area contributed by atoms with Crippen LogP contribution in [0, 0.1) is 23.3 Å². The summed E-state index contributed by atoms with van der Waals surface area (Å²) in [5, 5.41) is 12.9. The van der Waals surface area contributed by atoms with Gasteiger partial charge in [0.2, 0.25) is 24.0 Å². The third kappa shape index (κ3) is 5.94. The Labute approximate surface area is 149 Å². The molecule has 1 unspecified atom stereocenters. The largest absolute Gasteiger partial charge is 0.481 e. The van der Waals surface area contributed by atoms with Gasteiger partial charge in [0.15, 0.2) is 23.2 Å². The van der Waals surface area contributed by atoms with Gasteiger partial charge in [0.05, 0.1) is 6.42 Å². The van der Waals surface area contributed by atoms with E-state index in [9.17, 15) is 36.7 Å². The zero-order valence-corrected chi connectivity index (χ0v) is 13.7. The second-order valence-corrected chi connectivity index (χ2v) is 5.22. The second-order valence-electron chi connectivity index (χ2n) is 5.22. The van der Waals surface area contributed by atoms with Crippen LogP contribution < -0.4 is 15.4 Å². The summed E-state index contributed by atoms with van der Waals surface area (Å²) in [6.45, 7) is 0.0489. The maximum absolute atomic E-state index is 13.5. The highest BCUT2D eigenvalue weighted by Gasteiger charge is 2.28. The lowest BCUT2D eigenvalue weighted by Gasteiger charge is -2.19. The van der Waals surface area contributed by atoms with Crippen molar-refractivity contribution in [1.29, 1.82) is 0 Å². The van der Waals surface area contributed by atoms with E-state index in [-0.39, 0.29) is 12.5 Å². The van der Waals surface area contributed by atoms with Gasteiger partial charge in [-0.25, -0.2) is 8.78 Å². The Hall–Kier alpha value is -3.18. The summed E-state index contributed by atoms with van der Waals surface area (Å²) in [6, 6.07) is -2.86. The first kappa shape index (κ1) is 21.9. The Morgan fingerprint density at radius 2 is 1.74 bits per heavy atom. The fraction of sp³-hybridized carbons (Fsp3) is 0.333. The molecule has 2 amide bonds. The molecule has 0 aromatic heterocycles. The van der Waals surface area contributed by atoms with E-state index in [0.717, 1.165) is 0 Å². The number of ketones is 1. The molecule has 2 atom stereocenters. The molecule has 8 nitrogen and oxygen atoms in total. The van der Waals surface area contributed by atoms with Gasteiger partial charge in [0, 0.05) is 6.07 Å². The summed E-state index contributed by atoms with van der Waals surface area (Å²) in [7, 11) is 0. The molecule has 0 spiro atoms. The molecule has 1 aromatic rings. The Balaban J connectivity index is 2.90. The van der Waals surface area contributed by atoms with Crippen LogP contribution in [0.5, 0.6) is 5.75 Å². The van der Waals surface area contributed by atoms with Crippen molar-refractivity contribution < 1.29 is 46.6 Å². The lowest BCUT2D eigenvalue weighted by Crippen LogP contribution is -2.50. The van der Waals surface area contributed by atoms with Gasteiger partial charge in [-0.3, -0.25) is 19.2 Å². The van der Waals surface area contributed by atoms with Crippen molar-refractivity contribution in [1.82, 2.24) is 10.6 Å². The van der Waals surface area contributed by atoms with E-state index in [1.165, 1.54) is 6.92 Å². The third-order valence-corrected chi connectivity index (χ3v) is 3.23. The quantitative estimate of drug-likeness (QED) is 0.298. The maximum atomic E-state index is 13.5. The molecule has 0 heterocycles. The Morgan fingerprint density at radius 3 is 2.22 bits per heavy atom. The average molecular weight is 394 g/mol. The summed E-state index contributed by atoms with van der Waals surface area (Å²) in [5.41, 5.74) is 0. The van der Waals surface area contributed by atoms with E-state index in [2.05, 4.69) is 10.1 Å². The van der Waals surface area contributed by atoms with E-state index in [0.29, 0.717) is 0 Å². The third-order valence-electron chi connectivity index (χ3n) is 3.23. The van der Waals surface area contributed by atoms with E-state index >= 15 is 0 Å². The normalized spacial score (nSPS) is 12.6. The van der Waals surface area contributed by atoms with Crippen molar-refractivity contribution in [2.75, 3.05) is 6.61 Å². The zero-order valence-electron chi connectivity index (χ0n) is 13.7. The van der Waals surface area contributed by atoms with Gasteiger partial charge in [-0.05, 0) is 6.92 Å². The number of amides is 2. The number of carboxylic acid groups (broad SMARTS) is 1. The number of halogens is 4. The standard InChI is InChI=1S/C15H14F4N2O6/c1-6(20-5-22)15(26)21-9(3-11(24)25)10(23)4-27-14-12(18)7(16)2-8(17)13(14)19/h2,5-6,9H,3-4H2,1H3,(H,20,22)(H,21,26)(H,24,25)/t6-,9?/m0/s1. The van der Waals surface area contributed by atoms with E-state index in [4.69, 9.17) is 5.11 Å². The topological polar surface area (TPSA) is 122 Å². The highest BCUT2D eigenvalue weighted by atomic mass is 19.2. The number of ether oxygens (including phenoxy) is 1. The summed E-state index contributed by atoms with van der Waals surface area (Å²) >= 11 is 0. The molecule has 0 saturated carbocycles. The highest BCUT2D eigenvalue weighted by molar-refractivity contribution is 5.94. The summed E-state index contributed by atoms with van der Waals surface area (Å²) in [6.07, 6.45) is -0.713. The SMILES string of the molecule is C[C@H](NC=O)C(=O)NC(CC(=O)O)C(=O)COc1c(F)c(F)cc(F)c1F. The average Bonchev–Trinajstić information content (AvgIpc) is 2.59. The van der Waals surface area contributed by atoms with Crippen molar-refractivity contribution >= 4 is 24.1 Å². The van der Waals surface area contributed by atoms with Crippen molar-refractivity contribution in [3.05, 3.63) is 29.3 Å². The van der Waals surface area contributed by atoms with Gasteiger partial charge in [-0.2, -0.15) is 8.78 Å². The van der Waals surface area contributed by atoms with Crippen LogP contribution in [0.3, 0.4) is 0 Å². The predicted molar refractivity (Wildman–Crippen MR) is 79.6 cm³/mol. The number of carbonyl (C=O) groups is 4. The monoisotopic (exact) mass is 394 g/mol. The van der Waals surface area contributed by atoms with Crippen LogP contribution in [0.2, 0.25) is 0 Å². The second kappa shape index (κ2) is 9.50. The first-order valence-corrected chi connectivity index (χ1v) is 7.28. The molecular weight excluding hydrogens is 380 g/mol. The molecule has 0 aliphatic rings. The minimum Gasteiger partial charge on any atom is -0.481 e. The molecule has 0 aliphatic heterocycles. The van der Waals surface area contributed by atoms with Crippen LogP contribution in [-0.2, 0) is 19.2 Å². The minimum absolute atomic E-state index is 0.0613. The molecule has 0 bridgehead atoms. The summed E-state index contributed by atoms with van der Waals surface area (Å²) in [4.78, 5) is 44.9. The first-order chi connectivity index (χ1) is 12.6. The molecule has 1 rings (SSSR count). The molecular formula is C15H14F4N2O6. The van der Waals surface area contributed by atoms with Crippen molar-refractivity contribution in [2.24, 2.45) is 0 Å². The molecule has 1 aromatic carbocycles. The lowest BCUT2D eigenvalue weighted by molar-refractivity contribution is -0.140. The molecule has 0 aliphatic carbocycles. The van der Waals surface area contributed by atoms with Crippen molar-refractivity contribution in [3.8, 4) is 5.75 Å². The number of rotatable bonds is 10. The lowest BCUT2D eigenvalue weighted by atomic mass is 10.1. The molecule has 0 radical (unpaired) electrons. The molecule has 27 heavy (non-hydrogen) atoms. The number of carbonyl (C=O) groups excluding carboxylic acids is 3. The number of nitrogens with one attached hydrogen (secondary N) is 2. The van der Waals surface area contributed by atoms with Crippen LogP contribution in [0.1, 0.15) is 13.3 Å². The van der Waals surface area contributed by atoms with Gasteiger partial charge in [-0.15, -0.1) is 0 Å².